The monoisotopic (exact) mass is 566 g/mol. The summed E-state index contributed by atoms with van der Waals surface area (Å²) >= 11 is 0. The van der Waals surface area contributed by atoms with Crippen LogP contribution in [0.25, 0.3) is 22.5 Å². The van der Waals surface area contributed by atoms with Gasteiger partial charge in [0.25, 0.3) is 0 Å². The van der Waals surface area contributed by atoms with Crippen molar-refractivity contribution in [3.05, 3.63) is 83.1 Å². The molecule has 3 aromatic heterocycles. The van der Waals surface area contributed by atoms with Gasteiger partial charge in [0.1, 0.15) is 17.5 Å². The summed E-state index contributed by atoms with van der Waals surface area (Å²) in [5.74, 6) is -0.973. The van der Waals surface area contributed by atoms with E-state index in [1.807, 2.05) is 6.92 Å². The number of anilines is 1. The predicted molar refractivity (Wildman–Crippen MR) is 151 cm³/mol. The van der Waals surface area contributed by atoms with Crippen LogP contribution in [0.5, 0.6) is 0 Å². The van der Waals surface area contributed by atoms with Crippen molar-refractivity contribution in [3.8, 4) is 22.5 Å². The lowest BCUT2D eigenvalue weighted by Crippen LogP contribution is -2.36. The Morgan fingerprint density at radius 3 is 2.48 bits per heavy atom. The third kappa shape index (κ3) is 5.05. The molecule has 3 heterocycles. The van der Waals surface area contributed by atoms with E-state index < -0.39 is 27.1 Å². The lowest BCUT2D eigenvalue weighted by Gasteiger charge is -2.39. The minimum absolute atomic E-state index is 0. The molecule has 0 aliphatic heterocycles. The summed E-state index contributed by atoms with van der Waals surface area (Å²) in [6.45, 7) is 6.01. The molecule has 0 saturated carbocycles. The van der Waals surface area contributed by atoms with Crippen molar-refractivity contribution in [2.45, 2.75) is 57.8 Å². The number of hydrogen-bond acceptors (Lipinski definition) is 7. The van der Waals surface area contributed by atoms with E-state index in [9.17, 15) is 17.2 Å². The van der Waals surface area contributed by atoms with Gasteiger partial charge in [-0.15, -0.1) is 5.10 Å². The summed E-state index contributed by atoms with van der Waals surface area (Å²) < 4.78 is 54.8. The highest BCUT2D eigenvalue weighted by Crippen LogP contribution is 2.49. The average molecular weight is 567 g/mol. The number of nitrogens with one attached hydrogen (secondary N) is 1. The topological polar surface area (TPSA) is 111 Å². The van der Waals surface area contributed by atoms with Crippen molar-refractivity contribution < 1.29 is 18.6 Å². The van der Waals surface area contributed by atoms with Gasteiger partial charge in [-0.05, 0) is 73.9 Å². The van der Waals surface area contributed by atoms with Gasteiger partial charge in [-0.3, -0.25) is 9.71 Å². The fourth-order valence-corrected chi connectivity index (χ4v) is 6.14. The van der Waals surface area contributed by atoms with E-state index in [2.05, 4.69) is 38.7 Å². The van der Waals surface area contributed by atoms with Gasteiger partial charge in [-0.1, -0.05) is 19.9 Å². The molecule has 0 unspecified atom stereocenters. The maximum atomic E-state index is 14.6. The van der Waals surface area contributed by atoms with Crippen LogP contribution in [0.2, 0.25) is 0 Å². The van der Waals surface area contributed by atoms with Gasteiger partial charge in [0, 0.05) is 19.4 Å². The van der Waals surface area contributed by atoms with Gasteiger partial charge in [0.2, 0.25) is 10.0 Å². The summed E-state index contributed by atoms with van der Waals surface area (Å²) in [5.41, 5.74) is 3.89. The quantitative estimate of drug-likeness (QED) is 0.284. The van der Waals surface area contributed by atoms with Crippen LogP contribution >= 0.6 is 0 Å². The first-order valence-corrected chi connectivity index (χ1v) is 15.0. The van der Waals surface area contributed by atoms with E-state index in [0.717, 1.165) is 53.6 Å². The Kier molecular flexibility index (Phi) is 7.34. The SMILES string of the molecule is CC[C@H]1CC[C@](CC)(c2cncc(-c3cnc(NS(C)(=O)=O)cc3C)n2)c2nnc(-c3c(F)cccc3F)cc21.[HH]. The van der Waals surface area contributed by atoms with Crippen LogP contribution in [0, 0.1) is 18.6 Å². The standard InChI is InChI=1S/C29H30F2N6O2S.H2/c1-5-18-10-11-29(6-2,28-19(18)13-23(35-36-28)27-21(30)8-7-9-22(27)31)25-16-32-15-24(34-25)20-14-33-26(12-17(20)3)37-40(4,38)39;/h7-9,12-16,18H,5-6,10-11H2,1-4H3,(H,33,37);1H/t18-,29+;/m0./s1. The summed E-state index contributed by atoms with van der Waals surface area (Å²) in [5, 5.41) is 8.92. The molecular formula is C29H32F2N6O2S. The third-order valence-electron chi connectivity index (χ3n) is 7.75. The zero-order valence-electron chi connectivity index (χ0n) is 22.7. The van der Waals surface area contributed by atoms with Crippen molar-refractivity contribution >= 4 is 15.8 Å². The van der Waals surface area contributed by atoms with Crippen LogP contribution in [0.1, 0.15) is 69.4 Å². The molecule has 40 heavy (non-hydrogen) atoms. The third-order valence-corrected chi connectivity index (χ3v) is 8.33. The number of hydrogen-bond donors (Lipinski definition) is 1. The lowest BCUT2D eigenvalue weighted by molar-refractivity contribution is 0.352. The lowest BCUT2D eigenvalue weighted by atomic mass is 9.65. The number of nitrogens with zero attached hydrogens (tertiary/aromatic N) is 5. The van der Waals surface area contributed by atoms with Crippen LogP contribution in [-0.4, -0.2) is 39.8 Å². The molecule has 0 bridgehead atoms. The number of aromatic nitrogens is 5. The maximum Gasteiger partial charge on any atom is 0.230 e. The van der Waals surface area contributed by atoms with Crippen LogP contribution in [0.4, 0.5) is 14.6 Å². The zero-order chi connectivity index (χ0) is 28.7. The van der Waals surface area contributed by atoms with Gasteiger partial charge in [-0.25, -0.2) is 27.2 Å². The molecule has 0 fully saturated rings. The molecule has 0 amide bonds. The highest BCUT2D eigenvalue weighted by atomic mass is 32.2. The first-order chi connectivity index (χ1) is 19.1. The van der Waals surface area contributed by atoms with Crippen LogP contribution in [-0.2, 0) is 15.4 Å². The molecule has 0 saturated heterocycles. The molecule has 1 N–H and O–H groups in total. The van der Waals surface area contributed by atoms with E-state index in [1.165, 1.54) is 18.2 Å². The molecule has 1 aliphatic rings. The fraction of sp³-hybridized carbons (Fsp3) is 0.345. The number of aryl methyl sites for hydroxylation is 1. The number of sulfonamides is 1. The van der Waals surface area contributed by atoms with Gasteiger partial charge < -0.3 is 0 Å². The Morgan fingerprint density at radius 1 is 1.07 bits per heavy atom. The van der Waals surface area contributed by atoms with Crippen molar-refractivity contribution in [2.24, 2.45) is 0 Å². The second-order valence-corrected chi connectivity index (χ2v) is 12.0. The van der Waals surface area contributed by atoms with Gasteiger partial charge in [0.05, 0.1) is 46.2 Å². The van der Waals surface area contributed by atoms with E-state index in [-0.39, 0.29) is 24.4 Å². The van der Waals surface area contributed by atoms with Crippen molar-refractivity contribution in [3.63, 3.8) is 0 Å². The molecule has 2 atom stereocenters. The normalized spacial score (nSPS) is 18.8. The van der Waals surface area contributed by atoms with Crippen LogP contribution in [0.3, 0.4) is 0 Å². The largest absolute Gasteiger partial charge is 0.268 e. The van der Waals surface area contributed by atoms with Gasteiger partial charge in [-0.2, -0.15) is 5.10 Å². The molecule has 4 aromatic rings. The average Bonchev–Trinajstić information content (AvgIpc) is 2.91. The summed E-state index contributed by atoms with van der Waals surface area (Å²) in [4.78, 5) is 13.8. The molecule has 210 valence electrons. The highest BCUT2D eigenvalue weighted by molar-refractivity contribution is 7.92. The van der Waals surface area contributed by atoms with E-state index in [1.54, 1.807) is 30.7 Å². The van der Waals surface area contributed by atoms with Gasteiger partial charge >= 0.3 is 0 Å². The molecule has 1 aliphatic carbocycles. The molecule has 8 nitrogen and oxygen atoms in total. The minimum Gasteiger partial charge on any atom is -0.268 e. The van der Waals surface area contributed by atoms with Crippen molar-refractivity contribution in [1.82, 2.24) is 25.1 Å². The molecule has 5 rings (SSSR count). The van der Waals surface area contributed by atoms with E-state index >= 15 is 0 Å². The number of fused-ring (bicyclic) bond motifs is 1. The summed E-state index contributed by atoms with van der Waals surface area (Å²) in [7, 11) is -3.46. The fourth-order valence-electron chi connectivity index (χ4n) is 5.64. The number of benzene rings is 1. The molecule has 0 radical (unpaired) electrons. The predicted octanol–water partition coefficient (Wildman–Crippen LogP) is 6.18. The zero-order valence-corrected chi connectivity index (χ0v) is 23.6. The Balaban J connectivity index is 0.00000387. The number of pyridine rings is 1. The summed E-state index contributed by atoms with van der Waals surface area (Å²) in [6.07, 6.45) is 9.16. The first-order valence-electron chi connectivity index (χ1n) is 13.2. The summed E-state index contributed by atoms with van der Waals surface area (Å²) in [6, 6.07) is 7.19. The second kappa shape index (κ2) is 10.6. The van der Waals surface area contributed by atoms with Crippen molar-refractivity contribution in [1.29, 1.82) is 0 Å². The Labute approximate surface area is 233 Å². The molecule has 11 heteroatoms. The Bertz CT molecular complexity index is 1680. The molecular weight excluding hydrogens is 534 g/mol. The Hall–Kier alpha value is -3.86. The van der Waals surface area contributed by atoms with E-state index in [4.69, 9.17) is 4.98 Å². The smallest absolute Gasteiger partial charge is 0.230 e. The first kappa shape index (κ1) is 27.7. The number of rotatable bonds is 7. The van der Waals surface area contributed by atoms with Crippen LogP contribution in [0.15, 0.2) is 48.9 Å². The number of halogens is 2. The highest BCUT2D eigenvalue weighted by Gasteiger charge is 2.43. The Morgan fingerprint density at radius 2 is 1.82 bits per heavy atom. The minimum atomic E-state index is -3.46. The van der Waals surface area contributed by atoms with Gasteiger partial charge in [0.15, 0.2) is 0 Å². The molecule has 0 spiro atoms. The van der Waals surface area contributed by atoms with Crippen molar-refractivity contribution in [2.75, 3.05) is 11.0 Å². The maximum absolute atomic E-state index is 14.6. The second-order valence-electron chi connectivity index (χ2n) is 10.3. The van der Waals surface area contributed by atoms with E-state index in [0.29, 0.717) is 12.1 Å². The van der Waals surface area contributed by atoms with Crippen LogP contribution < -0.4 is 4.72 Å². The molecule has 1 aromatic carbocycles.